The fourth-order valence-corrected chi connectivity index (χ4v) is 3.81. The topological polar surface area (TPSA) is 69.8 Å². The van der Waals surface area contributed by atoms with Crippen LogP contribution >= 0.6 is 0 Å². The number of nitrogens with one attached hydrogen (secondary N) is 3. The number of carbonyl (C=O) groups is 1. The van der Waals surface area contributed by atoms with E-state index in [1.807, 2.05) is 12.3 Å². The Morgan fingerprint density at radius 1 is 1.33 bits per heavy atom. The van der Waals surface area contributed by atoms with Gasteiger partial charge in [-0.2, -0.15) is 0 Å². The molecule has 0 saturated carbocycles. The standard InChI is InChI=1S/C16H20N4O/c1-9(21)14-8-18-16-13(4-5-17-16)15(14)20-12-6-10-2-3-11(7-12)19-10/h4-5,8,10-12,19H,2-3,6-7H2,1H3,(H2,17,18,20). The van der Waals surface area contributed by atoms with Crippen molar-refractivity contribution in [3.63, 3.8) is 0 Å². The van der Waals surface area contributed by atoms with Crippen LogP contribution in [0.2, 0.25) is 0 Å². The zero-order chi connectivity index (χ0) is 14.4. The Balaban J connectivity index is 1.69. The van der Waals surface area contributed by atoms with Crippen molar-refractivity contribution in [2.75, 3.05) is 5.32 Å². The predicted octanol–water partition coefficient (Wildman–Crippen LogP) is 2.46. The SMILES string of the molecule is CC(=O)c1cnc2[nH]ccc2c1NC1CC2CCC(C1)N2. The Labute approximate surface area is 123 Å². The zero-order valence-corrected chi connectivity index (χ0v) is 12.1. The van der Waals surface area contributed by atoms with Gasteiger partial charge in [0.2, 0.25) is 0 Å². The summed E-state index contributed by atoms with van der Waals surface area (Å²) in [6.07, 6.45) is 8.36. The molecule has 2 saturated heterocycles. The molecule has 2 aromatic heterocycles. The number of rotatable bonds is 3. The van der Waals surface area contributed by atoms with E-state index in [1.165, 1.54) is 12.8 Å². The summed E-state index contributed by atoms with van der Waals surface area (Å²) < 4.78 is 0. The molecule has 5 nitrogen and oxygen atoms in total. The molecule has 2 unspecified atom stereocenters. The molecule has 4 rings (SSSR count). The first-order chi connectivity index (χ1) is 10.2. The largest absolute Gasteiger partial charge is 0.381 e. The summed E-state index contributed by atoms with van der Waals surface area (Å²) in [5.41, 5.74) is 2.47. The van der Waals surface area contributed by atoms with E-state index in [0.717, 1.165) is 29.6 Å². The second kappa shape index (κ2) is 4.84. The maximum absolute atomic E-state index is 11.9. The molecule has 2 aliphatic heterocycles. The fourth-order valence-electron chi connectivity index (χ4n) is 3.81. The molecular weight excluding hydrogens is 264 g/mol. The average Bonchev–Trinajstić information content (AvgIpc) is 3.05. The van der Waals surface area contributed by atoms with Crippen LogP contribution in [0.3, 0.4) is 0 Å². The minimum absolute atomic E-state index is 0.0602. The highest BCUT2D eigenvalue weighted by Crippen LogP contribution is 2.32. The number of hydrogen-bond donors (Lipinski definition) is 3. The van der Waals surface area contributed by atoms with E-state index in [0.29, 0.717) is 23.7 Å². The van der Waals surface area contributed by atoms with Gasteiger partial charge in [0.25, 0.3) is 0 Å². The summed E-state index contributed by atoms with van der Waals surface area (Å²) in [5.74, 6) is 0.0602. The third-order valence-corrected chi connectivity index (χ3v) is 4.79. The van der Waals surface area contributed by atoms with Crippen LogP contribution in [0, 0.1) is 0 Å². The second-order valence-corrected chi connectivity index (χ2v) is 6.29. The molecule has 0 amide bonds. The van der Waals surface area contributed by atoms with Gasteiger partial charge in [-0.05, 0) is 38.7 Å². The van der Waals surface area contributed by atoms with Gasteiger partial charge >= 0.3 is 0 Å². The fraction of sp³-hybridized carbons (Fsp3) is 0.500. The lowest BCUT2D eigenvalue weighted by atomic mass is 9.98. The predicted molar refractivity (Wildman–Crippen MR) is 82.7 cm³/mol. The number of piperidine rings is 1. The minimum Gasteiger partial charge on any atom is -0.381 e. The summed E-state index contributed by atoms with van der Waals surface area (Å²) in [7, 11) is 0. The van der Waals surface area contributed by atoms with Gasteiger partial charge in [0.1, 0.15) is 5.65 Å². The quantitative estimate of drug-likeness (QED) is 0.757. The van der Waals surface area contributed by atoms with E-state index < -0.39 is 0 Å². The van der Waals surface area contributed by atoms with Gasteiger partial charge < -0.3 is 15.6 Å². The van der Waals surface area contributed by atoms with Crippen LogP contribution in [0.1, 0.15) is 43.0 Å². The smallest absolute Gasteiger partial charge is 0.163 e. The Hall–Kier alpha value is -1.88. The van der Waals surface area contributed by atoms with Crippen LogP contribution < -0.4 is 10.6 Å². The first-order valence-corrected chi connectivity index (χ1v) is 7.70. The number of Topliss-reactive ketones (excluding diaryl/α,β-unsaturated/α-hetero) is 1. The molecule has 4 heterocycles. The van der Waals surface area contributed by atoms with Crippen molar-refractivity contribution in [1.29, 1.82) is 0 Å². The van der Waals surface area contributed by atoms with Crippen LogP contribution in [0.15, 0.2) is 18.5 Å². The maximum atomic E-state index is 11.9. The average molecular weight is 284 g/mol. The van der Waals surface area contributed by atoms with Crippen molar-refractivity contribution >= 4 is 22.5 Å². The highest BCUT2D eigenvalue weighted by atomic mass is 16.1. The third-order valence-electron chi connectivity index (χ3n) is 4.79. The van der Waals surface area contributed by atoms with Crippen LogP contribution in [0.5, 0.6) is 0 Å². The molecule has 2 aliphatic rings. The molecular formula is C16H20N4O. The Morgan fingerprint density at radius 2 is 2.10 bits per heavy atom. The van der Waals surface area contributed by atoms with Crippen molar-refractivity contribution in [2.24, 2.45) is 0 Å². The molecule has 2 aromatic rings. The van der Waals surface area contributed by atoms with Crippen LogP contribution in [0.4, 0.5) is 5.69 Å². The number of anilines is 1. The molecule has 0 aromatic carbocycles. The molecule has 2 atom stereocenters. The van der Waals surface area contributed by atoms with E-state index in [-0.39, 0.29) is 5.78 Å². The summed E-state index contributed by atoms with van der Waals surface area (Å²) >= 11 is 0. The molecule has 5 heteroatoms. The lowest BCUT2D eigenvalue weighted by molar-refractivity contribution is 0.101. The molecule has 110 valence electrons. The van der Waals surface area contributed by atoms with Gasteiger partial charge in [0.15, 0.2) is 5.78 Å². The Kier molecular flexibility index (Phi) is 2.96. The van der Waals surface area contributed by atoms with E-state index in [1.54, 1.807) is 13.1 Å². The number of hydrogen-bond acceptors (Lipinski definition) is 4. The van der Waals surface area contributed by atoms with Crippen molar-refractivity contribution in [3.05, 3.63) is 24.0 Å². The molecule has 2 bridgehead atoms. The molecule has 0 aliphatic carbocycles. The number of ketones is 1. The van der Waals surface area contributed by atoms with E-state index in [9.17, 15) is 4.79 Å². The lowest BCUT2D eigenvalue weighted by Crippen LogP contribution is -2.43. The Morgan fingerprint density at radius 3 is 2.81 bits per heavy atom. The highest BCUT2D eigenvalue weighted by Gasteiger charge is 2.33. The van der Waals surface area contributed by atoms with Gasteiger partial charge in [0.05, 0.1) is 11.3 Å². The number of aromatic amines is 1. The van der Waals surface area contributed by atoms with E-state index in [2.05, 4.69) is 20.6 Å². The minimum atomic E-state index is 0.0602. The second-order valence-electron chi connectivity index (χ2n) is 6.29. The van der Waals surface area contributed by atoms with E-state index in [4.69, 9.17) is 0 Å². The number of carbonyl (C=O) groups excluding carboxylic acids is 1. The molecule has 0 radical (unpaired) electrons. The number of pyridine rings is 1. The monoisotopic (exact) mass is 284 g/mol. The lowest BCUT2D eigenvalue weighted by Gasteiger charge is -2.31. The third kappa shape index (κ3) is 2.21. The summed E-state index contributed by atoms with van der Waals surface area (Å²) in [6.45, 7) is 1.60. The van der Waals surface area contributed by atoms with Gasteiger partial charge in [0, 0.05) is 35.9 Å². The molecule has 3 N–H and O–H groups in total. The number of aromatic nitrogens is 2. The van der Waals surface area contributed by atoms with Crippen molar-refractivity contribution in [2.45, 2.75) is 50.7 Å². The van der Waals surface area contributed by atoms with E-state index >= 15 is 0 Å². The highest BCUT2D eigenvalue weighted by molar-refractivity contribution is 6.06. The summed E-state index contributed by atoms with van der Waals surface area (Å²) in [4.78, 5) is 19.4. The normalized spacial score (nSPS) is 28.0. The van der Waals surface area contributed by atoms with Gasteiger partial charge in [-0.3, -0.25) is 4.79 Å². The molecule has 21 heavy (non-hydrogen) atoms. The van der Waals surface area contributed by atoms with Gasteiger partial charge in [-0.25, -0.2) is 4.98 Å². The van der Waals surface area contributed by atoms with Crippen LogP contribution in [-0.4, -0.2) is 33.9 Å². The zero-order valence-electron chi connectivity index (χ0n) is 12.1. The van der Waals surface area contributed by atoms with Gasteiger partial charge in [-0.15, -0.1) is 0 Å². The number of H-pyrrole nitrogens is 1. The summed E-state index contributed by atoms with van der Waals surface area (Å²) in [5, 5.41) is 8.30. The maximum Gasteiger partial charge on any atom is 0.163 e. The number of nitrogens with zero attached hydrogens (tertiary/aromatic N) is 1. The van der Waals surface area contributed by atoms with Crippen molar-refractivity contribution < 1.29 is 4.79 Å². The van der Waals surface area contributed by atoms with Crippen molar-refractivity contribution in [3.8, 4) is 0 Å². The van der Waals surface area contributed by atoms with Gasteiger partial charge in [-0.1, -0.05) is 0 Å². The first-order valence-electron chi connectivity index (χ1n) is 7.70. The van der Waals surface area contributed by atoms with Crippen LogP contribution in [0.25, 0.3) is 11.0 Å². The van der Waals surface area contributed by atoms with Crippen molar-refractivity contribution in [1.82, 2.24) is 15.3 Å². The Bertz CT molecular complexity index is 681. The molecule has 0 spiro atoms. The number of fused-ring (bicyclic) bond motifs is 3. The first kappa shape index (κ1) is 12.8. The van der Waals surface area contributed by atoms with Crippen LogP contribution in [-0.2, 0) is 0 Å². The molecule has 2 fully saturated rings. The summed E-state index contributed by atoms with van der Waals surface area (Å²) in [6, 6.07) is 3.69.